The molecule has 0 atom stereocenters. The van der Waals surface area contributed by atoms with E-state index in [0.29, 0.717) is 13.1 Å². The fraction of sp³-hybridized carbons (Fsp3) is 0.429. The normalized spacial score (nSPS) is 11.5. The lowest BCUT2D eigenvalue weighted by Crippen LogP contribution is -2.31. The summed E-state index contributed by atoms with van der Waals surface area (Å²) in [4.78, 5) is 22.7. The molecule has 0 radical (unpaired) electrons. The average Bonchev–Trinajstić information content (AvgIpc) is 2.96. The van der Waals surface area contributed by atoms with Crippen LogP contribution in [0.15, 0.2) is 27.5 Å². The standard InChI is InChI=1S/C21H26BrN3O2S/c1-6-24(7-2)12-18-23-20-19(13(3)14(4)28-20)21(26)25(18)11-15-10-16(22)8-9-17(15)27-5/h8-10H,6-7,11-12H2,1-5H3. The number of ether oxygens (including phenoxy) is 1. The molecule has 0 N–H and O–H groups in total. The zero-order valence-electron chi connectivity index (χ0n) is 17.0. The fourth-order valence-electron chi connectivity index (χ4n) is 3.34. The molecule has 3 rings (SSSR count). The summed E-state index contributed by atoms with van der Waals surface area (Å²) >= 11 is 5.13. The number of thiophene rings is 1. The van der Waals surface area contributed by atoms with Gasteiger partial charge in [-0.25, -0.2) is 4.98 Å². The van der Waals surface area contributed by atoms with Crippen LogP contribution >= 0.6 is 27.3 Å². The van der Waals surface area contributed by atoms with Crippen molar-refractivity contribution in [2.45, 2.75) is 40.8 Å². The Morgan fingerprint density at radius 3 is 2.61 bits per heavy atom. The first-order chi connectivity index (χ1) is 13.4. The summed E-state index contributed by atoms with van der Waals surface area (Å²) < 4.78 is 8.29. The third kappa shape index (κ3) is 4.02. The highest BCUT2D eigenvalue weighted by molar-refractivity contribution is 9.10. The summed E-state index contributed by atoms with van der Waals surface area (Å²) in [5.74, 6) is 1.56. The second kappa shape index (κ2) is 8.76. The number of nitrogens with zero attached hydrogens (tertiary/aromatic N) is 3. The number of fused-ring (bicyclic) bond motifs is 1. The molecule has 150 valence electrons. The Kier molecular flexibility index (Phi) is 6.58. The minimum Gasteiger partial charge on any atom is -0.496 e. The van der Waals surface area contributed by atoms with Gasteiger partial charge in [0.15, 0.2) is 0 Å². The molecular weight excluding hydrogens is 438 g/mol. The first-order valence-corrected chi connectivity index (χ1v) is 11.0. The third-order valence-electron chi connectivity index (χ3n) is 5.20. The molecule has 0 unspecified atom stereocenters. The Bertz CT molecular complexity index is 1050. The maximum atomic E-state index is 13.5. The Morgan fingerprint density at radius 2 is 1.96 bits per heavy atom. The SMILES string of the molecule is CCN(CC)Cc1nc2sc(C)c(C)c2c(=O)n1Cc1cc(Br)ccc1OC. The summed E-state index contributed by atoms with van der Waals surface area (Å²) in [6.45, 7) is 11.2. The summed E-state index contributed by atoms with van der Waals surface area (Å²) in [6.07, 6.45) is 0. The van der Waals surface area contributed by atoms with Crippen LogP contribution in [-0.2, 0) is 13.1 Å². The Hall–Kier alpha value is -1.70. The number of aromatic nitrogens is 2. The van der Waals surface area contributed by atoms with Crippen LogP contribution in [0.25, 0.3) is 10.2 Å². The number of benzene rings is 1. The third-order valence-corrected chi connectivity index (χ3v) is 6.79. The van der Waals surface area contributed by atoms with E-state index in [1.54, 1.807) is 18.4 Å². The minimum atomic E-state index is 0.0241. The quantitative estimate of drug-likeness (QED) is 0.507. The van der Waals surface area contributed by atoms with Crippen molar-refractivity contribution in [3.05, 3.63) is 54.9 Å². The van der Waals surface area contributed by atoms with Crippen LogP contribution in [0, 0.1) is 13.8 Å². The highest BCUT2D eigenvalue weighted by atomic mass is 79.9. The molecule has 7 heteroatoms. The van der Waals surface area contributed by atoms with Gasteiger partial charge in [0.2, 0.25) is 0 Å². The lowest BCUT2D eigenvalue weighted by atomic mass is 10.2. The van der Waals surface area contributed by atoms with Crippen molar-refractivity contribution in [2.75, 3.05) is 20.2 Å². The summed E-state index contributed by atoms with van der Waals surface area (Å²) in [5, 5.41) is 0.736. The van der Waals surface area contributed by atoms with Crippen LogP contribution < -0.4 is 10.3 Å². The number of aryl methyl sites for hydroxylation is 2. The monoisotopic (exact) mass is 463 g/mol. The highest BCUT2D eigenvalue weighted by Gasteiger charge is 2.19. The van der Waals surface area contributed by atoms with Gasteiger partial charge in [0.1, 0.15) is 16.4 Å². The molecular formula is C21H26BrN3O2S. The molecule has 28 heavy (non-hydrogen) atoms. The summed E-state index contributed by atoms with van der Waals surface area (Å²) in [5.41, 5.74) is 2.00. The van der Waals surface area contributed by atoms with E-state index in [1.165, 1.54) is 0 Å². The molecule has 3 aromatic rings. The smallest absolute Gasteiger partial charge is 0.262 e. The van der Waals surface area contributed by atoms with E-state index >= 15 is 0 Å². The first-order valence-electron chi connectivity index (χ1n) is 9.43. The maximum absolute atomic E-state index is 13.5. The van der Waals surface area contributed by atoms with Crippen molar-refractivity contribution in [2.24, 2.45) is 0 Å². The van der Waals surface area contributed by atoms with E-state index in [4.69, 9.17) is 9.72 Å². The second-order valence-corrected chi connectivity index (χ2v) is 8.92. The lowest BCUT2D eigenvalue weighted by molar-refractivity contribution is 0.282. The Labute approximate surface area is 178 Å². The molecule has 0 saturated carbocycles. The summed E-state index contributed by atoms with van der Waals surface area (Å²) in [6, 6.07) is 5.86. The number of halogens is 1. The fourth-order valence-corrected chi connectivity index (χ4v) is 4.79. The molecule has 0 fully saturated rings. The van der Waals surface area contributed by atoms with Gasteiger partial charge in [0.25, 0.3) is 5.56 Å². The maximum Gasteiger partial charge on any atom is 0.262 e. The van der Waals surface area contributed by atoms with Crippen LogP contribution in [0.3, 0.4) is 0 Å². The van der Waals surface area contributed by atoms with Gasteiger partial charge in [-0.2, -0.15) is 0 Å². The van der Waals surface area contributed by atoms with E-state index in [9.17, 15) is 4.79 Å². The van der Waals surface area contributed by atoms with E-state index < -0.39 is 0 Å². The summed E-state index contributed by atoms with van der Waals surface area (Å²) in [7, 11) is 1.65. The molecule has 0 spiro atoms. The molecule has 0 aliphatic rings. The number of hydrogen-bond donors (Lipinski definition) is 0. The molecule has 2 aromatic heterocycles. The molecule has 0 aliphatic heterocycles. The minimum absolute atomic E-state index is 0.0241. The van der Waals surface area contributed by atoms with E-state index in [2.05, 4.69) is 34.7 Å². The Morgan fingerprint density at radius 1 is 1.25 bits per heavy atom. The molecule has 0 bridgehead atoms. The lowest BCUT2D eigenvalue weighted by Gasteiger charge is -2.21. The molecule has 0 saturated heterocycles. The van der Waals surface area contributed by atoms with Gasteiger partial charge in [-0.05, 0) is 50.7 Å². The van der Waals surface area contributed by atoms with Gasteiger partial charge in [-0.15, -0.1) is 11.3 Å². The van der Waals surface area contributed by atoms with Crippen molar-refractivity contribution in [1.82, 2.24) is 14.5 Å². The molecule has 1 aromatic carbocycles. The van der Waals surface area contributed by atoms with Gasteiger partial charge in [-0.3, -0.25) is 14.3 Å². The van der Waals surface area contributed by atoms with Crippen molar-refractivity contribution in [3.8, 4) is 5.75 Å². The second-order valence-electron chi connectivity index (χ2n) is 6.80. The zero-order chi connectivity index (χ0) is 20.4. The van der Waals surface area contributed by atoms with E-state index in [1.807, 2.05) is 36.6 Å². The van der Waals surface area contributed by atoms with Gasteiger partial charge in [0.05, 0.1) is 25.6 Å². The number of hydrogen-bond acceptors (Lipinski definition) is 5. The molecule has 0 aliphatic carbocycles. The van der Waals surface area contributed by atoms with E-state index in [-0.39, 0.29) is 5.56 Å². The molecule has 0 amide bonds. The Balaban J connectivity index is 2.21. The largest absolute Gasteiger partial charge is 0.496 e. The van der Waals surface area contributed by atoms with E-state index in [0.717, 1.165) is 55.4 Å². The number of methoxy groups -OCH3 is 1. The highest BCUT2D eigenvalue weighted by Crippen LogP contribution is 2.28. The molecule has 5 nitrogen and oxygen atoms in total. The van der Waals surface area contributed by atoms with Crippen molar-refractivity contribution in [3.63, 3.8) is 0 Å². The van der Waals surface area contributed by atoms with Crippen molar-refractivity contribution in [1.29, 1.82) is 0 Å². The van der Waals surface area contributed by atoms with Crippen LogP contribution in [0.1, 0.15) is 35.7 Å². The van der Waals surface area contributed by atoms with Gasteiger partial charge in [-0.1, -0.05) is 29.8 Å². The van der Waals surface area contributed by atoms with Crippen molar-refractivity contribution >= 4 is 37.5 Å². The predicted molar refractivity (Wildman–Crippen MR) is 120 cm³/mol. The van der Waals surface area contributed by atoms with Gasteiger partial charge < -0.3 is 4.74 Å². The molecule has 2 heterocycles. The first kappa shape index (κ1) is 21.0. The van der Waals surface area contributed by atoms with Crippen LogP contribution in [0.2, 0.25) is 0 Å². The van der Waals surface area contributed by atoms with Crippen LogP contribution in [0.5, 0.6) is 5.75 Å². The van der Waals surface area contributed by atoms with Crippen LogP contribution in [0.4, 0.5) is 0 Å². The van der Waals surface area contributed by atoms with Crippen molar-refractivity contribution < 1.29 is 4.74 Å². The topological polar surface area (TPSA) is 47.4 Å². The van der Waals surface area contributed by atoms with Gasteiger partial charge in [0, 0.05) is 14.9 Å². The zero-order valence-corrected chi connectivity index (χ0v) is 19.4. The number of rotatable bonds is 7. The predicted octanol–water partition coefficient (Wildman–Crippen LogP) is 4.74. The van der Waals surface area contributed by atoms with Crippen LogP contribution in [-0.4, -0.2) is 34.7 Å². The average molecular weight is 464 g/mol. The van der Waals surface area contributed by atoms with Gasteiger partial charge >= 0.3 is 0 Å².